The van der Waals surface area contributed by atoms with E-state index in [-0.39, 0.29) is 16.4 Å². The van der Waals surface area contributed by atoms with E-state index in [4.69, 9.17) is 0 Å². The van der Waals surface area contributed by atoms with Gasteiger partial charge in [-0.15, -0.1) is 0 Å². The van der Waals surface area contributed by atoms with Gasteiger partial charge in [-0.1, -0.05) is 26.2 Å². The van der Waals surface area contributed by atoms with E-state index in [0.717, 1.165) is 19.5 Å². The normalized spacial score (nSPS) is 12.1. The average Bonchev–Trinajstić information content (AvgIpc) is 2.49. The van der Waals surface area contributed by atoms with E-state index in [1.807, 2.05) is 0 Å². The predicted molar refractivity (Wildman–Crippen MR) is 104 cm³/mol. The Hall–Kier alpha value is -1.36. The molecule has 0 saturated heterocycles. The topological polar surface area (TPSA) is 52.6 Å². The summed E-state index contributed by atoms with van der Waals surface area (Å²) in [6.07, 6.45) is 6.04. The van der Waals surface area contributed by atoms with Gasteiger partial charge < -0.3 is 10.2 Å². The Bertz CT molecular complexity index is 566. The van der Waals surface area contributed by atoms with Gasteiger partial charge in [0.2, 0.25) is 0 Å². The van der Waals surface area contributed by atoms with E-state index in [1.54, 1.807) is 19.0 Å². The molecule has 0 bridgehead atoms. The molecule has 5 nitrogen and oxygen atoms in total. The van der Waals surface area contributed by atoms with E-state index in [0.29, 0.717) is 17.9 Å². The fraction of sp³-hybridized carbons (Fsp3) is 0.789. The van der Waals surface area contributed by atoms with E-state index in [1.165, 1.54) is 25.7 Å². The Kier molecular flexibility index (Phi) is 7.94. The monoisotopic (exact) mass is 337 g/mol. The van der Waals surface area contributed by atoms with Crippen LogP contribution in [0.4, 0.5) is 11.4 Å². The van der Waals surface area contributed by atoms with Crippen molar-refractivity contribution in [2.45, 2.75) is 65.3 Å². The summed E-state index contributed by atoms with van der Waals surface area (Å²) in [6, 6.07) is 0. The average molecular weight is 338 g/mol. The van der Waals surface area contributed by atoms with Gasteiger partial charge in [0, 0.05) is 32.7 Å². The number of anilines is 2. The molecule has 0 atom stereocenters. The van der Waals surface area contributed by atoms with Gasteiger partial charge in [-0.05, 0) is 40.2 Å². The Morgan fingerprint density at radius 2 is 1.54 bits per heavy atom. The molecule has 138 valence electrons. The van der Waals surface area contributed by atoms with Crippen LogP contribution in [0.5, 0.6) is 0 Å². The van der Waals surface area contributed by atoms with Crippen molar-refractivity contribution >= 4 is 11.4 Å². The molecule has 1 rings (SSSR count). The fourth-order valence-electron chi connectivity index (χ4n) is 2.97. The molecule has 0 aliphatic rings. The minimum atomic E-state index is -0.383. The molecular formula is C19H35N3O2. The molecule has 0 amide bonds. The molecule has 0 aromatic heterocycles. The van der Waals surface area contributed by atoms with Crippen molar-refractivity contribution in [1.82, 2.24) is 4.90 Å². The minimum absolute atomic E-state index is 0.155. The molecule has 0 unspecified atom stereocenters. The van der Waals surface area contributed by atoms with Crippen LogP contribution in [0.2, 0.25) is 0 Å². The van der Waals surface area contributed by atoms with Crippen LogP contribution in [0.25, 0.3) is 0 Å². The first-order valence-electron chi connectivity index (χ1n) is 9.19. The van der Waals surface area contributed by atoms with E-state index in [9.17, 15) is 9.59 Å². The highest BCUT2D eigenvalue weighted by Gasteiger charge is 2.23. The maximum Gasteiger partial charge on any atom is 0.253 e. The van der Waals surface area contributed by atoms with Crippen molar-refractivity contribution < 1.29 is 0 Å². The highest BCUT2D eigenvalue weighted by atomic mass is 16.2. The third-order valence-electron chi connectivity index (χ3n) is 4.47. The number of hydrogen-bond donors (Lipinski definition) is 1. The van der Waals surface area contributed by atoms with Crippen LogP contribution in [-0.2, 0) is 0 Å². The zero-order valence-corrected chi connectivity index (χ0v) is 16.4. The molecule has 5 heteroatoms. The highest BCUT2D eigenvalue weighted by Crippen LogP contribution is 2.18. The highest BCUT2D eigenvalue weighted by molar-refractivity contribution is 5.74. The predicted octanol–water partition coefficient (Wildman–Crippen LogP) is 2.83. The fourth-order valence-corrected chi connectivity index (χ4v) is 2.97. The molecule has 1 aromatic rings. The van der Waals surface area contributed by atoms with Crippen molar-refractivity contribution in [2.75, 3.05) is 43.9 Å². The van der Waals surface area contributed by atoms with E-state index < -0.39 is 0 Å². The lowest BCUT2D eigenvalue weighted by molar-refractivity contribution is 0.133. The van der Waals surface area contributed by atoms with Gasteiger partial charge in [0.15, 0.2) is 0 Å². The second kappa shape index (κ2) is 9.21. The van der Waals surface area contributed by atoms with Crippen molar-refractivity contribution in [3.8, 4) is 0 Å². The smallest absolute Gasteiger partial charge is 0.253 e. The number of nitrogens with zero attached hydrogens (tertiary/aromatic N) is 2. The van der Waals surface area contributed by atoms with Crippen molar-refractivity contribution in [3.63, 3.8) is 0 Å². The van der Waals surface area contributed by atoms with Gasteiger partial charge in [-0.2, -0.15) is 0 Å². The molecular weight excluding hydrogens is 302 g/mol. The van der Waals surface area contributed by atoms with Gasteiger partial charge in [0.25, 0.3) is 10.9 Å². The summed E-state index contributed by atoms with van der Waals surface area (Å²) in [4.78, 5) is 27.4. The second-order valence-electron chi connectivity index (χ2n) is 7.78. The molecule has 0 fully saturated rings. The first-order chi connectivity index (χ1) is 11.2. The maximum atomic E-state index is 11.7. The summed E-state index contributed by atoms with van der Waals surface area (Å²) in [7, 11) is 3.58. The molecule has 24 heavy (non-hydrogen) atoms. The summed E-state index contributed by atoms with van der Waals surface area (Å²) in [5.41, 5.74) is 0.380. The quantitative estimate of drug-likeness (QED) is 0.497. The minimum Gasteiger partial charge on any atom is -0.380 e. The second-order valence-corrected chi connectivity index (χ2v) is 7.78. The number of nitrogens with one attached hydrogen (secondary N) is 1. The molecule has 0 spiro atoms. The summed E-state index contributed by atoms with van der Waals surface area (Å²) >= 11 is 0. The molecule has 0 saturated carbocycles. The first kappa shape index (κ1) is 20.7. The third-order valence-corrected chi connectivity index (χ3v) is 4.47. The SMILES string of the molecule is CCCCCCN(CCCNc1c(N(C)C)c(=O)c1=O)C(C)(C)C. The summed E-state index contributed by atoms with van der Waals surface area (Å²) < 4.78 is 0. The van der Waals surface area contributed by atoms with Crippen LogP contribution in [0.15, 0.2) is 9.59 Å². The lowest BCUT2D eigenvalue weighted by atomic mass is 10.0. The van der Waals surface area contributed by atoms with Gasteiger partial charge in [0.05, 0.1) is 0 Å². The zero-order chi connectivity index (χ0) is 18.3. The molecule has 0 radical (unpaired) electrons. The van der Waals surface area contributed by atoms with Crippen LogP contribution in [-0.4, -0.2) is 44.2 Å². The Morgan fingerprint density at radius 3 is 2.08 bits per heavy atom. The van der Waals surface area contributed by atoms with Gasteiger partial charge >= 0.3 is 0 Å². The van der Waals surface area contributed by atoms with Gasteiger partial charge in [-0.25, -0.2) is 0 Å². The van der Waals surface area contributed by atoms with Crippen molar-refractivity contribution in [3.05, 3.63) is 20.4 Å². The summed E-state index contributed by atoms with van der Waals surface area (Å²) in [6.45, 7) is 11.8. The van der Waals surface area contributed by atoms with Crippen LogP contribution in [0, 0.1) is 0 Å². The maximum absolute atomic E-state index is 11.7. The number of rotatable bonds is 11. The van der Waals surface area contributed by atoms with Crippen LogP contribution in [0.1, 0.15) is 59.8 Å². The van der Waals surface area contributed by atoms with Crippen LogP contribution in [0.3, 0.4) is 0 Å². The summed E-state index contributed by atoms with van der Waals surface area (Å²) in [5, 5.41) is 3.15. The largest absolute Gasteiger partial charge is 0.380 e. The van der Waals surface area contributed by atoms with Gasteiger partial charge in [-0.3, -0.25) is 14.5 Å². The molecule has 0 aliphatic carbocycles. The van der Waals surface area contributed by atoms with E-state index in [2.05, 4.69) is 37.9 Å². The van der Waals surface area contributed by atoms with Crippen LogP contribution < -0.4 is 21.1 Å². The standard InChI is InChI=1S/C19H35N3O2/c1-7-8-9-10-13-22(19(2,3)4)14-11-12-20-15-16(21(5)6)18(24)17(15)23/h20H,7-14H2,1-6H3. The Balaban J connectivity index is 2.44. The first-order valence-corrected chi connectivity index (χ1v) is 9.19. The zero-order valence-electron chi connectivity index (χ0n) is 16.4. The number of hydrogen-bond acceptors (Lipinski definition) is 5. The lowest BCUT2D eigenvalue weighted by Crippen LogP contribution is -2.43. The van der Waals surface area contributed by atoms with Crippen LogP contribution >= 0.6 is 0 Å². The van der Waals surface area contributed by atoms with Gasteiger partial charge in [0.1, 0.15) is 11.4 Å². The molecule has 1 N–H and O–H groups in total. The molecule has 1 aromatic carbocycles. The van der Waals surface area contributed by atoms with Crippen molar-refractivity contribution in [1.29, 1.82) is 0 Å². The van der Waals surface area contributed by atoms with Crippen molar-refractivity contribution in [2.24, 2.45) is 0 Å². The Morgan fingerprint density at radius 1 is 0.917 bits per heavy atom. The molecule has 0 aliphatic heterocycles. The Labute approximate surface area is 146 Å². The summed E-state index contributed by atoms with van der Waals surface area (Å²) in [5.74, 6) is 0. The lowest BCUT2D eigenvalue weighted by Gasteiger charge is -2.36. The van der Waals surface area contributed by atoms with E-state index >= 15 is 0 Å². The number of unbranched alkanes of at least 4 members (excludes halogenated alkanes) is 3. The molecule has 0 heterocycles. The third kappa shape index (κ3) is 5.62.